The number of aryl methyl sites for hydroxylation is 1. The highest BCUT2D eigenvalue weighted by Crippen LogP contribution is 2.37. The molecule has 0 atom stereocenters. The van der Waals surface area contributed by atoms with E-state index < -0.39 is 41.1 Å². The molecular weight excluding hydrogens is 286 g/mol. The summed E-state index contributed by atoms with van der Waals surface area (Å²) in [5, 5.41) is 0. The second-order valence-electron chi connectivity index (χ2n) is 6.15. The fraction of sp³-hybridized carbons (Fsp3) is 0.615. The van der Waals surface area contributed by atoms with Gasteiger partial charge in [-0.05, 0) is 33.8 Å². The number of rotatable bonds is 1. The Kier molecular flexibility index (Phi) is 3.53. The highest BCUT2D eigenvalue weighted by molar-refractivity contribution is 6.62. The van der Waals surface area contributed by atoms with Gasteiger partial charge >= 0.3 is 13.3 Å². The van der Waals surface area contributed by atoms with E-state index in [1.807, 2.05) is 0 Å². The summed E-state index contributed by atoms with van der Waals surface area (Å²) >= 11 is 0. The van der Waals surface area contributed by atoms with Crippen molar-refractivity contribution in [2.75, 3.05) is 0 Å². The molecule has 0 N–H and O–H groups in total. The van der Waals surface area contributed by atoms with Crippen LogP contribution in [-0.2, 0) is 22.5 Å². The van der Waals surface area contributed by atoms with E-state index in [1.165, 1.54) is 7.05 Å². The molecule has 1 aromatic rings. The van der Waals surface area contributed by atoms with Crippen molar-refractivity contribution in [1.82, 2.24) is 4.57 Å². The van der Waals surface area contributed by atoms with Crippen molar-refractivity contribution in [3.05, 3.63) is 28.2 Å². The van der Waals surface area contributed by atoms with Crippen molar-refractivity contribution >= 4 is 12.6 Å². The van der Waals surface area contributed by atoms with E-state index in [2.05, 4.69) is 0 Å². The SMILES string of the molecule is Cn1ccc(C(F)(F)F)c(B2OC(C)(C)C(C)(C)O2)c1=O. The molecule has 1 aliphatic rings. The third-order valence-corrected chi connectivity index (χ3v) is 4.10. The van der Waals surface area contributed by atoms with Crippen LogP contribution in [0.3, 0.4) is 0 Å². The lowest BCUT2D eigenvalue weighted by Gasteiger charge is -2.32. The van der Waals surface area contributed by atoms with E-state index in [1.54, 1.807) is 27.7 Å². The maximum Gasteiger partial charge on any atom is 0.501 e. The molecule has 0 aromatic carbocycles. The molecular formula is C13H17BF3NO3. The molecule has 21 heavy (non-hydrogen) atoms. The molecule has 116 valence electrons. The van der Waals surface area contributed by atoms with Crippen LogP contribution in [0.25, 0.3) is 0 Å². The van der Waals surface area contributed by atoms with Gasteiger partial charge in [0.1, 0.15) is 0 Å². The van der Waals surface area contributed by atoms with Crippen molar-refractivity contribution in [3.63, 3.8) is 0 Å². The van der Waals surface area contributed by atoms with Gasteiger partial charge in [0.15, 0.2) is 0 Å². The standard InChI is InChI=1S/C13H17BF3NO3/c1-11(2)12(3,4)21-14(20-11)9-8(13(15,16)17)6-7-18(5)10(9)19/h6-7H,1-5H3. The van der Waals surface area contributed by atoms with Crippen LogP contribution >= 0.6 is 0 Å². The van der Waals surface area contributed by atoms with Crippen LogP contribution in [0.15, 0.2) is 17.1 Å². The summed E-state index contributed by atoms with van der Waals surface area (Å²) in [6.07, 6.45) is -3.56. The molecule has 0 spiro atoms. The topological polar surface area (TPSA) is 40.5 Å². The summed E-state index contributed by atoms with van der Waals surface area (Å²) in [6.45, 7) is 6.86. The van der Waals surface area contributed by atoms with Gasteiger partial charge in [-0.2, -0.15) is 13.2 Å². The van der Waals surface area contributed by atoms with E-state index in [-0.39, 0.29) is 0 Å². The summed E-state index contributed by atoms with van der Waals surface area (Å²) in [5.41, 5.74) is -3.94. The number of pyridine rings is 1. The normalized spacial score (nSPS) is 20.9. The van der Waals surface area contributed by atoms with E-state index in [0.29, 0.717) is 0 Å². The number of halogens is 3. The van der Waals surface area contributed by atoms with Gasteiger partial charge in [0, 0.05) is 13.2 Å². The summed E-state index contributed by atoms with van der Waals surface area (Å²) in [6, 6.07) is 0.863. The highest BCUT2D eigenvalue weighted by Gasteiger charge is 2.54. The predicted octanol–water partition coefficient (Wildman–Crippen LogP) is 1.70. The number of alkyl halides is 3. The monoisotopic (exact) mass is 303 g/mol. The second kappa shape index (κ2) is 4.61. The molecule has 0 aliphatic carbocycles. The lowest BCUT2D eigenvalue weighted by molar-refractivity contribution is -0.137. The first kappa shape index (κ1) is 16.1. The zero-order valence-corrected chi connectivity index (χ0v) is 12.5. The van der Waals surface area contributed by atoms with Crippen molar-refractivity contribution in [3.8, 4) is 0 Å². The van der Waals surface area contributed by atoms with E-state index in [0.717, 1.165) is 16.8 Å². The van der Waals surface area contributed by atoms with Gasteiger partial charge in [0.2, 0.25) is 0 Å². The van der Waals surface area contributed by atoms with Crippen molar-refractivity contribution in [1.29, 1.82) is 0 Å². The maximum atomic E-state index is 13.1. The molecule has 1 aromatic heterocycles. The Balaban J connectivity index is 2.60. The van der Waals surface area contributed by atoms with Crippen LogP contribution in [-0.4, -0.2) is 22.9 Å². The van der Waals surface area contributed by atoms with Gasteiger partial charge in [-0.3, -0.25) is 4.79 Å². The van der Waals surface area contributed by atoms with Crippen LogP contribution in [0.4, 0.5) is 13.2 Å². The quantitative estimate of drug-likeness (QED) is 0.742. The molecule has 0 saturated carbocycles. The summed E-state index contributed by atoms with van der Waals surface area (Å²) < 4.78 is 51.7. The molecule has 2 rings (SSSR count). The van der Waals surface area contributed by atoms with E-state index >= 15 is 0 Å². The minimum absolute atomic E-state index is 0.508. The van der Waals surface area contributed by atoms with Crippen LogP contribution < -0.4 is 11.0 Å². The number of hydrogen-bond acceptors (Lipinski definition) is 3. The molecule has 2 heterocycles. The molecule has 0 radical (unpaired) electrons. The van der Waals surface area contributed by atoms with Crippen LogP contribution in [0.5, 0.6) is 0 Å². The van der Waals surface area contributed by atoms with Crippen LogP contribution in [0.2, 0.25) is 0 Å². The first-order valence-electron chi connectivity index (χ1n) is 6.49. The molecule has 0 unspecified atom stereocenters. The fourth-order valence-corrected chi connectivity index (χ4v) is 2.08. The maximum absolute atomic E-state index is 13.1. The van der Waals surface area contributed by atoms with Crippen molar-refractivity contribution in [2.24, 2.45) is 7.05 Å². The van der Waals surface area contributed by atoms with E-state index in [9.17, 15) is 18.0 Å². The highest BCUT2D eigenvalue weighted by atomic mass is 19.4. The van der Waals surface area contributed by atoms with Crippen LogP contribution in [0, 0.1) is 0 Å². The molecule has 0 bridgehead atoms. The first-order valence-corrected chi connectivity index (χ1v) is 6.49. The minimum Gasteiger partial charge on any atom is -0.399 e. The lowest BCUT2D eigenvalue weighted by Crippen LogP contribution is -2.50. The van der Waals surface area contributed by atoms with Gasteiger partial charge in [0.05, 0.1) is 22.2 Å². The average Bonchev–Trinajstić information content (AvgIpc) is 2.49. The Morgan fingerprint density at radius 1 is 1.14 bits per heavy atom. The van der Waals surface area contributed by atoms with E-state index in [4.69, 9.17) is 9.31 Å². The summed E-state index contributed by atoms with van der Waals surface area (Å²) in [5.74, 6) is 0. The van der Waals surface area contributed by atoms with Gasteiger partial charge < -0.3 is 13.9 Å². The molecule has 1 saturated heterocycles. The Labute approximate surface area is 121 Å². The molecule has 1 aliphatic heterocycles. The van der Waals surface area contributed by atoms with Crippen molar-refractivity contribution < 1.29 is 22.5 Å². The van der Waals surface area contributed by atoms with Crippen molar-refractivity contribution in [2.45, 2.75) is 45.1 Å². The molecule has 8 heteroatoms. The van der Waals surface area contributed by atoms with Gasteiger partial charge in [0.25, 0.3) is 5.56 Å². The Hall–Kier alpha value is -1.28. The Morgan fingerprint density at radius 2 is 1.62 bits per heavy atom. The number of aromatic nitrogens is 1. The first-order chi connectivity index (χ1) is 9.37. The molecule has 0 amide bonds. The summed E-state index contributed by atoms with van der Waals surface area (Å²) in [7, 11) is 0.0450. The average molecular weight is 303 g/mol. The van der Waals surface area contributed by atoms with Gasteiger partial charge in [-0.15, -0.1) is 0 Å². The summed E-state index contributed by atoms with van der Waals surface area (Å²) in [4.78, 5) is 12.1. The molecule has 4 nitrogen and oxygen atoms in total. The smallest absolute Gasteiger partial charge is 0.399 e. The number of nitrogens with zero attached hydrogens (tertiary/aromatic N) is 1. The van der Waals surface area contributed by atoms with Crippen LogP contribution in [0.1, 0.15) is 33.3 Å². The Bertz CT molecular complexity index is 606. The predicted molar refractivity (Wildman–Crippen MR) is 72.4 cm³/mol. The minimum atomic E-state index is -4.65. The third-order valence-electron chi connectivity index (χ3n) is 4.10. The Morgan fingerprint density at radius 3 is 2.05 bits per heavy atom. The van der Waals surface area contributed by atoms with Gasteiger partial charge in [-0.1, -0.05) is 0 Å². The second-order valence-corrected chi connectivity index (χ2v) is 6.15. The fourth-order valence-electron chi connectivity index (χ4n) is 2.08. The largest absolute Gasteiger partial charge is 0.501 e. The lowest BCUT2D eigenvalue weighted by atomic mass is 9.76. The number of hydrogen-bond donors (Lipinski definition) is 0. The zero-order chi connectivity index (χ0) is 16.2. The van der Waals surface area contributed by atoms with Gasteiger partial charge in [-0.25, -0.2) is 0 Å². The zero-order valence-electron chi connectivity index (χ0n) is 12.5. The molecule has 1 fully saturated rings. The third kappa shape index (κ3) is 2.62.